The molecule has 2 aromatic rings. The molecule has 0 atom stereocenters. The number of aliphatic hydroxyl groups is 2. The van der Waals surface area contributed by atoms with Crippen LogP contribution >= 0.6 is 0 Å². The maximum atomic E-state index is 9.23. The van der Waals surface area contributed by atoms with Crippen LogP contribution in [0.1, 0.15) is 37.3 Å². The molecule has 0 saturated heterocycles. The molecule has 136 valence electrons. The van der Waals surface area contributed by atoms with Gasteiger partial charge in [0.2, 0.25) is 0 Å². The average molecular weight is 343 g/mol. The largest absolute Gasteiger partial charge is 0.457 e. The van der Waals surface area contributed by atoms with Crippen molar-refractivity contribution in [2.45, 2.75) is 44.6 Å². The van der Waals surface area contributed by atoms with Crippen molar-refractivity contribution in [3.05, 3.63) is 59.7 Å². The fourth-order valence-electron chi connectivity index (χ4n) is 2.57. The minimum Gasteiger partial charge on any atom is -0.457 e. The van der Waals surface area contributed by atoms with E-state index in [0.29, 0.717) is 12.8 Å². The SMILES string of the molecule is CCCCc1ccc(Oc2ccc(CCC(N)(CO)CO)cc2)cc1. The predicted molar refractivity (Wildman–Crippen MR) is 101 cm³/mol. The van der Waals surface area contributed by atoms with Crippen molar-refractivity contribution in [3.8, 4) is 11.5 Å². The fourth-order valence-corrected chi connectivity index (χ4v) is 2.57. The molecule has 0 aliphatic rings. The first-order valence-electron chi connectivity index (χ1n) is 8.95. The molecule has 0 aliphatic heterocycles. The Morgan fingerprint density at radius 1 is 0.840 bits per heavy atom. The summed E-state index contributed by atoms with van der Waals surface area (Å²) in [6, 6.07) is 16.1. The van der Waals surface area contributed by atoms with Crippen LogP contribution in [0.25, 0.3) is 0 Å². The number of unbranched alkanes of at least 4 members (excludes halogenated alkanes) is 1. The summed E-state index contributed by atoms with van der Waals surface area (Å²) in [6.07, 6.45) is 4.74. The number of benzene rings is 2. The lowest BCUT2D eigenvalue weighted by molar-refractivity contribution is 0.115. The van der Waals surface area contributed by atoms with Gasteiger partial charge in [-0.3, -0.25) is 0 Å². The maximum Gasteiger partial charge on any atom is 0.127 e. The summed E-state index contributed by atoms with van der Waals surface area (Å²) in [4.78, 5) is 0. The number of rotatable bonds is 10. The highest BCUT2D eigenvalue weighted by molar-refractivity contribution is 5.34. The Hall–Kier alpha value is -1.88. The normalized spacial score (nSPS) is 11.5. The summed E-state index contributed by atoms with van der Waals surface area (Å²) in [5.74, 6) is 1.61. The Morgan fingerprint density at radius 2 is 1.32 bits per heavy atom. The molecule has 25 heavy (non-hydrogen) atoms. The van der Waals surface area contributed by atoms with Crippen LogP contribution in [0, 0.1) is 0 Å². The molecule has 4 heteroatoms. The summed E-state index contributed by atoms with van der Waals surface area (Å²) in [5.41, 5.74) is 7.40. The highest BCUT2D eigenvalue weighted by Crippen LogP contribution is 2.23. The van der Waals surface area contributed by atoms with Crippen molar-refractivity contribution in [2.24, 2.45) is 5.73 Å². The number of hydrogen-bond acceptors (Lipinski definition) is 4. The zero-order chi connectivity index (χ0) is 18.1. The third kappa shape index (κ3) is 6.16. The highest BCUT2D eigenvalue weighted by atomic mass is 16.5. The molecule has 4 nitrogen and oxygen atoms in total. The van der Waals surface area contributed by atoms with Gasteiger partial charge in [-0.1, -0.05) is 37.6 Å². The van der Waals surface area contributed by atoms with E-state index >= 15 is 0 Å². The Balaban J connectivity index is 1.89. The zero-order valence-corrected chi connectivity index (χ0v) is 14.9. The van der Waals surface area contributed by atoms with Crippen molar-refractivity contribution in [2.75, 3.05) is 13.2 Å². The van der Waals surface area contributed by atoms with Crippen LogP contribution in [0.15, 0.2) is 48.5 Å². The molecule has 0 saturated carbocycles. The molecule has 0 heterocycles. The number of aliphatic hydroxyl groups excluding tert-OH is 2. The molecule has 4 N–H and O–H groups in total. The summed E-state index contributed by atoms with van der Waals surface area (Å²) in [7, 11) is 0. The Morgan fingerprint density at radius 3 is 1.76 bits per heavy atom. The van der Waals surface area contributed by atoms with Crippen molar-refractivity contribution < 1.29 is 14.9 Å². The van der Waals surface area contributed by atoms with Gasteiger partial charge in [0.25, 0.3) is 0 Å². The van der Waals surface area contributed by atoms with Crippen LogP contribution in [0.2, 0.25) is 0 Å². The van der Waals surface area contributed by atoms with Gasteiger partial charge in [0.15, 0.2) is 0 Å². The van der Waals surface area contributed by atoms with Gasteiger partial charge >= 0.3 is 0 Å². The summed E-state index contributed by atoms with van der Waals surface area (Å²) in [5, 5.41) is 18.5. The Kier molecular flexibility index (Phi) is 7.44. The lowest BCUT2D eigenvalue weighted by Crippen LogP contribution is -2.47. The van der Waals surface area contributed by atoms with Gasteiger partial charge in [-0.05, 0) is 61.1 Å². The molecule has 0 aliphatic carbocycles. The van der Waals surface area contributed by atoms with Crippen molar-refractivity contribution in [1.29, 1.82) is 0 Å². The molecule has 0 unspecified atom stereocenters. The minimum absolute atomic E-state index is 0.223. The molecule has 0 bridgehead atoms. The molecule has 2 rings (SSSR count). The van der Waals surface area contributed by atoms with Gasteiger partial charge < -0.3 is 20.7 Å². The first-order valence-corrected chi connectivity index (χ1v) is 8.95. The third-order valence-electron chi connectivity index (χ3n) is 4.44. The molecule has 2 aromatic carbocycles. The highest BCUT2D eigenvalue weighted by Gasteiger charge is 2.22. The predicted octanol–water partition coefficient (Wildman–Crippen LogP) is 3.44. The van der Waals surface area contributed by atoms with E-state index in [1.807, 2.05) is 36.4 Å². The van der Waals surface area contributed by atoms with Gasteiger partial charge in [-0.25, -0.2) is 0 Å². The van der Waals surface area contributed by atoms with E-state index in [0.717, 1.165) is 23.5 Å². The maximum absolute atomic E-state index is 9.23. The molecule has 0 fully saturated rings. The monoisotopic (exact) mass is 343 g/mol. The standard InChI is InChI=1S/C21H29NO3/c1-2-3-4-17-5-9-19(10-6-17)25-20-11-7-18(8-12-20)13-14-21(22,15-23)16-24/h5-12,23-24H,2-4,13-16,22H2,1H3. The van der Waals surface area contributed by atoms with Gasteiger partial charge in [-0.2, -0.15) is 0 Å². The van der Waals surface area contributed by atoms with E-state index in [-0.39, 0.29) is 13.2 Å². The minimum atomic E-state index is -0.922. The van der Waals surface area contributed by atoms with Crippen LogP contribution in [-0.2, 0) is 12.8 Å². The molecule has 0 spiro atoms. The van der Waals surface area contributed by atoms with Crippen LogP contribution in [0.3, 0.4) is 0 Å². The van der Waals surface area contributed by atoms with Crippen molar-refractivity contribution in [3.63, 3.8) is 0 Å². The summed E-state index contributed by atoms with van der Waals surface area (Å²) >= 11 is 0. The van der Waals surface area contributed by atoms with E-state index in [9.17, 15) is 10.2 Å². The first-order chi connectivity index (χ1) is 12.1. The van der Waals surface area contributed by atoms with Gasteiger partial charge in [-0.15, -0.1) is 0 Å². The van der Waals surface area contributed by atoms with E-state index < -0.39 is 5.54 Å². The summed E-state index contributed by atoms with van der Waals surface area (Å²) in [6.45, 7) is 1.75. The fraction of sp³-hybridized carbons (Fsp3) is 0.429. The number of hydrogen-bond donors (Lipinski definition) is 3. The second-order valence-electron chi connectivity index (χ2n) is 6.67. The molecule has 0 radical (unpaired) electrons. The van der Waals surface area contributed by atoms with Crippen LogP contribution in [0.5, 0.6) is 11.5 Å². The quantitative estimate of drug-likeness (QED) is 0.618. The second kappa shape index (κ2) is 9.56. The van der Waals surface area contributed by atoms with E-state index in [4.69, 9.17) is 10.5 Å². The van der Waals surface area contributed by atoms with Crippen LogP contribution < -0.4 is 10.5 Å². The topological polar surface area (TPSA) is 75.7 Å². The van der Waals surface area contributed by atoms with Crippen LogP contribution in [0.4, 0.5) is 0 Å². The van der Waals surface area contributed by atoms with Crippen molar-refractivity contribution in [1.82, 2.24) is 0 Å². The molecule has 0 amide bonds. The lowest BCUT2D eigenvalue weighted by atomic mass is 9.94. The van der Waals surface area contributed by atoms with Crippen LogP contribution in [-0.4, -0.2) is 29.0 Å². The van der Waals surface area contributed by atoms with Gasteiger partial charge in [0, 0.05) is 0 Å². The summed E-state index contributed by atoms with van der Waals surface area (Å²) < 4.78 is 5.88. The average Bonchev–Trinajstić information content (AvgIpc) is 2.66. The number of aryl methyl sites for hydroxylation is 2. The number of ether oxygens (including phenoxy) is 1. The second-order valence-corrected chi connectivity index (χ2v) is 6.67. The van der Waals surface area contributed by atoms with Gasteiger partial charge in [0.1, 0.15) is 11.5 Å². The Labute approximate surface area is 150 Å². The number of nitrogens with two attached hydrogens (primary N) is 1. The first kappa shape index (κ1) is 19.4. The van der Waals surface area contributed by atoms with E-state index in [1.165, 1.54) is 18.4 Å². The molecule has 0 aromatic heterocycles. The smallest absolute Gasteiger partial charge is 0.127 e. The molecular weight excluding hydrogens is 314 g/mol. The zero-order valence-electron chi connectivity index (χ0n) is 14.9. The van der Waals surface area contributed by atoms with E-state index in [2.05, 4.69) is 19.1 Å². The van der Waals surface area contributed by atoms with Crippen molar-refractivity contribution >= 4 is 0 Å². The molecular formula is C21H29NO3. The van der Waals surface area contributed by atoms with Gasteiger partial charge in [0.05, 0.1) is 18.8 Å². The third-order valence-corrected chi connectivity index (χ3v) is 4.44. The Bertz CT molecular complexity index is 619. The lowest BCUT2D eigenvalue weighted by Gasteiger charge is -2.24. The van der Waals surface area contributed by atoms with E-state index in [1.54, 1.807) is 0 Å².